The SMILES string of the molecule is C=C[C@H](O)C[C@H]1CCc2sc3ncnc(O[C@H]4CC[C@@H](CC)CC4)c3c21. The normalized spacial score (nSPS) is 26.6. The minimum absolute atomic E-state index is 0.269. The third kappa shape index (κ3) is 3.39. The fraction of sp³-hybridized carbons (Fsp3) is 0.619. The summed E-state index contributed by atoms with van der Waals surface area (Å²) in [6.45, 7) is 6.00. The summed E-state index contributed by atoms with van der Waals surface area (Å²) in [7, 11) is 0. The Morgan fingerprint density at radius 1 is 1.31 bits per heavy atom. The summed E-state index contributed by atoms with van der Waals surface area (Å²) in [6.07, 6.45) is 12.0. The van der Waals surface area contributed by atoms with Crippen molar-refractivity contribution in [2.75, 3.05) is 0 Å². The number of fused-ring (bicyclic) bond motifs is 3. The predicted octanol–water partition coefficient (Wildman–Crippen LogP) is 5.01. The van der Waals surface area contributed by atoms with E-state index in [1.807, 2.05) is 0 Å². The second kappa shape index (κ2) is 7.65. The highest BCUT2D eigenvalue weighted by molar-refractivity contribution is 7.19. The van der Waals surface area contributed by atoms with Gasteiger partial charge in [-0.2, -0.15) is 0 Å². The maximum Gasteiger partial charge on any atom is 0.225 e. The second-order valence-corrected chi connectivity index (χ2v) is 8.82. The highest BCUT2D eigenvalue weighted by Crippen LogP contribution is 2.47. The molecule has 0 aliphatic heterocycles. The molecule has 2 aromatic rings. The van der Waals surface area contributed by atoms with Gasteiger partial charge in [-0.1, -0.05) is 19.4 Å². The first-order valence-corrected chi connectivity index (χ1v) is 10.7. The summed E-state index contributed by atoms with van der Waals surface area (Å²) in [5.41, 5.74) is 1.32. The van der Waals surface area contributed by atoms with Crippen molar-refractivity contribution in [3.8, 4) is 5.88 Å². The minimum atomic E-state index is -0.459. The van der Waals surface area contributed by atoms with Gasteiger partial charge in [-0.05, 0) is 62.3 Å². The molecule has 0 amide bonds. The van der Waals surface area contributed by atoms with Gasteiger partial charge in [0.05, 0.1) is 11.5 Å². The van der Waals surface area contributed by atoms with Gasteiger partial charge in [0.2, 0.25) is 5.88 Å². The van der Waals surface area contributed by atoms with Crippen LogP contribution in [-0.2, 0) is 6.42 Å². The first-order chi connectivity index (χ1) is 12.7. The van der Waals surface area contributed by atoms with E-state index in [2.05, 4.69) is 23.5 Å². The highest BCUT2D eigenvalue weighted by Gasteiger charge is 2.32. The molecule has 4 rings (SSSR count). The Balaban J connectivity index is 1.61. The first-order valence-electron chi connectivity index (χ1n) is 9.93. The number of hydrogen-bond donors (Lipinski definition) is 1. The number of aryl methyl sites for hydroxylation is 1. The molecule has 0 unspecified atom stereocenters. The number of rotatable bonds is 6. The third-order valence-electron chi connectivity index (χ3n) is 6.14. The number of ether oxygens (including phenoxy) is 1. The van der Waals surface area contributed by atoms with E-state index >= 15 is 0 Å². The van der Waals surface area contributed by atoms with Gasteiger partial charge in [0.15, 0.2) is 0 Å². The number of aromatic nitrogens is 2. The van der Waals surface area contributed by atoms with Gasteiger partial charge in [-0.25, -0.2) is 9.97 Å². The van der Waals surface area contributed by atoms with Gasteiger partial charge < -0.3 is 9.84 Å². The van der Waals surface area contributed by atoms with Crippen LogP contribution in [0.4, 0.5) is 0 Å². The van der Waals surface area contributed by atoms with Crippen LogP contribution in [0.5, 0.6) is 5.88 Å². The maximum atomic E-state index is 10.1. The Morgan fingerprint density at radius 3 is 2.85 bits per heavy atom. The van der Waals surface area contributed by atoms with Gasteiger partial charge in [-0.15, -0.1) is 17.9 Å². The van der Waals surface area contributed by atoms with Gasteiger partial charge in [-0.3, -0.25) is 0 Å². The van der Waals surface area contributed by atoms with Crippen molar-refractivity contribution in [3.63, 3.8) is 0 Å². The number of hydrogen-bond acceptors (Lipinski definition) is 5. The molecule has 4 nitrogen and oxygen atoms in total. The third-order valence-corrected chi connectivity index (χ3v) is 7.32. The van der Waals surface area contributed by atoms with Crippen LogP contribution in [-0.4, -0.2) is 27.3 Å². The zero-order valence-electron chi connectivity index (χ0n) is 15.5. The highest BCUT2D eigenvalue weighted by atomic mass is 32.1. The number of nitrogens with zero attached hydrogens (tertiary/aromatic N) is 2. The van der Waals surface area contributed by atoms with Crippen LogP contribution in [0, 0.1) is 5.92 Å². The number of aliphatic hydroxyl groups excluding tert-OH is 1. The fourth-order valence-electron chi connectivity index (χ4n) is 4.57. The molecule has 0 aromatic carbocycles. The lowest BCUT2D eigenvalue weighted by molar-refractivity contribution is 0.126. The Labute approximate surface area is 159 Å². The van der Waals surface area contributed by atoms with Crippen molar-refractivity contribution in [2.45, 2.75) is 76.4 Å². The van der Waals surface area contributed by atoms with E-state index in [-0.39, 0.29) is 6.10 Å². The zero-order chi connectivity index (χ0) is 18.1. The number of thiophene rings is 1. The molecule has 1 N–H and O–H groups in total. The van der Waals surface area contributed by atoms with Crippen molar-refractivity contribution in [1.29, 1.82) is 0 Å². The summed E-state index contributed by atoms with van der Waals surface area (Å²) in [5.74, 6) is 1.96. The van der Waals surface area contributed by atoms with Gasteiger partial charge in [0.25, 0.3) is 0 Å². The summed E-state index contributed by atoms with van der Waals surface area (Å²) in [4.78, 5) is 11.4. The van der Waals surface area contributed by atoms with Crippen LogP contribution in [0.2, 0.25) is 0 Å². The number of aliphatic hydroxyl groups is 1. The van der Waals surface area contributed by atoms with Crippen LogP contribution in [0.25, 0.3) is 10.2 Å². The zero-order valence-corrected chi connectivity index (χ0v) is 16.3. The van der Waals surface area contributed by atoms with E-state index < -0.39 is 6.10 Å². The quantitative estimate of drug-likeness (QED) is 0.725. The van der Waals surface area contributed by atoms with Crippen LogP contribution >= 0.6 is 11.3 Å². The molecule has 26 heavy (non-hydrogen) atoms. The average Bonchev–Trinajstić information content (AvgIpc) is 3.22. The molecule has 140 valence electrons. The molecule has 2 atom stereocenters. The molecule has 1 fully saturated rings. The lowest BCUT2D eigenvalue weighted by atomic mass is 9.86. The van der Waals surface area contributed by atoms with E-state index in [0.29, 0.717) is 5.92 Å². The van der Waals surface area contributed by atoms with E-state index in [1.54, 1.807) is 23.7 Å². The van der Waals surface area contributed by atoms with Crippen molar-refractivity contribution in [1.82, 2.24) is 9.97 Å². The maximum absolute atomic E-state index is 10.1. The van der Waals surface area contributed by atoms with Gasteiger partial charge in [0.1, 0.15) is 17.3 Å². The van der Waals surface area contributed by atoms with Crippen LogP contribution in [0.3, 0.4) is 0 Å². The molecule has 0 bridgehead atoms. The topological polar surface area (TPSA) is 55.2 Å². The van der Waals surface area contributed by atoms with Crippen molar-refractivity contribution < 1.29 is 9.84 Å². The Hall–Kier alpha value is -1.46. The summed E-state index contributed by atoms with van der Waals surface area (Å²) in [5, 5.41) is 11.2. The molecule has 1 saturated carbocycles. The molecule has 0 saturated heterocycles. The Bertz CT molecular complexity index is 780. The van der Waals surface area contributed by atoms with Crippen LogP contribution in [0.1, 0.15) is 68.2 Å². The molecule has 5 heteroatoms. The smallest absolute Gasteiger partial charge is 0.225 e. The van der Waals surface area contributed by atoms with E-state index in [9.17, 15) is 5.11 Å². The van der Waals surface area contributed by atoms with Gasteiger partial charge in [0, 0.05) is 4.88 Å². The van der Waals surface area contributed by atoms with E-state index in [0.717, 1.165) is 54.1 Å². The van der Waals surface area contributed by atoms with Crippen molar-refractivity contribution >= 4 is 21.6 Å². The van der Waals surface area contributed by atoms with Crippen LogP contribution in [0.15, 0.2) is 19.0 Å². The van der Waals surface area contributed by atoms with Crippen molar-refractivity contribution in [2.24, 2.45) is 5.92 Å². The molecule has 0 spiro atoms. The second-order valence-electron chi connectivity index (χ2n) is 7.74. The summed E-state index contributed by atoms with van der Waals surface area (Å²) >= 11 is 1.77. The van der Waals surface area contributed by atoms with Gasteiger partial charge >= 0.3 is 0 Å². The van der Waals surface area contributed by atoms with Crippen molar-refractivity contribution in [3.05, 3.63) is 29.4 Å². The average molecular weight is 373 g/mol. The summed E-state index contributed by atoms with van der Waals surface area (Å²) < 4.78 is 6.40. The Kier molecular flexibility index (Phi) is 5.28. The lowest BCUT2D eigenvalue weighted by Crippen LogP contribution is -2.24. The minimum Gasteiger partial charge on any atom is -0.474 e. The van der Waals surface area contributed by atoms with Crippen LogP contribution < -0.4 is 4.74 Å². The standard InChI is InChI=1S/C21H28N2O2S/c1-3-13-5-8-16(9-6-13)25-20-19-18-14(11-15(24)4-2)7-10-17(18)26-21(19)23-12-22-20/h4,12-16,24H,2-3,5-11H2,1H3/t13-,14-,15+,16+/m1/s1. The molecular formula is C21H28N2O2S. The monoisotopic (exact) mass is 372 g/mol. The summed E-state index contributed by atoms with van der Waals surface area (Å²) in [6, 6.07) is 0. The molecule has 0 radical (unpaired) electrons. The lowest BCUT2D eigenvalue weighted by Gasteiger charge is -2.28. The Morgan fingerprint density at radius 2 is 2.12 bits per heavy atom. The first kappa shape index (κ1) is 17.9. The fourth-order valence-corrected chi connectivity index (χ4v) is 5.80. The van der Waals surface area contributed by atoms with E-state index in [4.69, 9.17) is 4.74 Å². The molecule has 2 heterocycles. The molecular weight excluding hydrogens is 344 g/mol. The largest absolute Gasteiger partial charge is 0.474 e. The predicted molar refractivity (Wildman–Crippen MR) is 106 cm³/mol. The van der Waals surface area contributed by atoms with E-state index in [1.165, 1.54) is 29.7 Å². The molecule has 2 aliphatic carbocycles. The molecule has 2 aromatic heterocycles. The molecule has 2 aliphatic rings.